The van der Waals surface area contributed by atoms with Gasteiger partial charge in [-0.25, -0.2) is 13.4 Å². The molecule has 1 unspecified atom stereocenters. The fraction of sp³-hybridized carbons (Fsp3) is 0.444. The van der Waals surface area contributed by atoms with Crippen molar-refractivity contribution in [1.29, 1.82) is 0 Å². The molecule has 18 heavy (non-hydrogen) atoms. The van der Waals surface area contributed by atoms with Gasteiger partial charge >= 0.3 is 0 Å². The largest absolute Gasteiger partial charge is 0.392 e. The number of nitrogens with two attached hydrogens (primary N) is 1. The monoisotopic (exact) mass is 288 g/mol. The second kappa shape index (κ2) is 3.92. The van der Waals surface area contributed by atoms with Crippen molar-refractivity contribution in [3.8, 4) is 0 Å². The van der Waals surface area contributed by atoms with Gasteiger partial charge in [0.25, 0.3) is 10.0 Å². The van der Waals surface area contributed by atoms with Gasteiger partial charge in [-0.15, -0.1) is 11.3 Å². The van der Waals surface area contributed by atoms with Gasteiger partial charge in [0.15, 0.2) is 15.8 Å². The third kappa shape index (κ3) is 1.62. The van der Waals surface area contributed by atoms with Crippen LogP contribution in [-0.4, -0.2) is 46.4 Å². The summed E-state index contributed by atoms with van der Waals surface area (Å²) in [6.07, 6.45) is 1.47. The Bertz CT molecular complexity index is 690. The number of aliphatic hydroxyl groups excluding tert-OH is 1. The van der Waals surface area contributed by atoms with Gasteiger partial charge in [0.05, 0.1) is 6.10 Å². The van der Waals surface area contributed by atoms with Crippen molar-refractivity contribution in [1.82, 2.24) is 13.7 Å². The number of β-amino-alcohol motifs (C(OH)–C–C–N with tert-alkyl or cyclic N) is 1. The van der Waals surface area contributed by atoms with Crippen LogP contribution in [0.4, 0.5) is 5.82 Å². The molecule has 0 amide bonds. The van der Waals surface area contributed by atoms with Crippen LogP contribution in [0.3, 0.4) is 0 Å². The lowest BCUT2D eigenvalue weighted by molar-refractivity contribution is 0.189. The van der Waals surface area contributed by atoms with E-state index in [9.17, 15) is 13.5 Å². The molecular weight excluding hydrogens is 276 g/mol. The van der Waals surface area contributed by atoms with Gasteiger partial charge in [-0.2, -0.15) is 4.31 Å². The maximum Gasteiger partial charge on any atom is 0.262 e. The van der Waals surface area contributed by atoms with Crippen LogP contribution in [0.1, 0.15) is 6.42 Å². The Balaban J connectivity index is 2.13. The van der Waals surface area contributed by atoms with Crippen molar-refractivity contribution >= 4 is 32.1 Å². The summed E-state index contributed by atoms with van der Waals surface area (Å²) in [5, 5.41) is 11.2. The summed E-state index contributed by atoms with van der Waals surface area (Å²) in [4.78, 5) is 4.57. The minimum atomic E-state index is -3.70. The number of hydrogen-bond acceptors (Lipinski definition) is 6. The Hall–Kier alpha value is -1.16. The highest BCUT2D eigenvalue weighted by atomic mass is 32.2. The molecule has 1 aliphatic rings. The van der Waals surface area contributed by atoms with E-state index in [4.69, 9.17) is 5.73 Å². The van der Waals surface area contributed by atoms with Crippen molar-refractivity contribution < 1.29 is 13.5 Å². The van der Waals surface area contributed by atoms with Crippen molar-refractivity contribution in [3.05, 3.63) is 11.6 Å². The third-order valence-electron chi connectivity index (χ3n) is 2.95. The first kappa shape index (κ1) is 11.9. The van der Waals surface area contributed by atoms with Crippen LogP contribution in [0.15, 0.2) is 16.6 Å². The maximum atomic E-state index is 12.5. The lowest BCUT2D eigenvalue weighted by Gasteiger charge is -2.15. The van der Waals surface area contributed by atoms with Crippen molar-refractivity contribution in [2.24, 2.45) is 0 Å². The molecule has 1 atom stereocenters. The summed E-state index contributed by atoms with van der Waals surface area (Å²) >= 11 is 1.32. The Morgan fingerprint density at radius 1 is 1.56 bits per heavy atom. The number of fused-ring (bicyclic) bond motifs is 1. The molecule has 0 bridgehead atoms. The maximum absolute atomic E-state index is 12.5. The highest BCUT2D eigenvalue weighted by Gasteiger charge is 2.35. The molecule has 7 nitrogen and oxygen atoms in total. The first-order valence-electron chi connectivity index (χ1n) is 5.39. The van der Waals surface area contributed by atoms with Crippen LogP contribution in [0.5, 0.6) is 0 Å². The van der Waals surface area contributed by atoms with Crippen LogP contribution in [0.2, 0.25) is 0 Å². The third-order valence-corrected chi connectivity index (χ3v) is 5.62. The van der Waals surface area contributed by atoms with Gasteiger partial charge in [0.2, 0.25) is 0 Å². The molecule has 1 aliphatic heterocycles. The predicted octanol–water partition coefficient (Wildman–Crippen LogP) is -0.267. The molecule has 3 N–H and O–H groups in total. The molecule has 0 radical (unpaired) electrons. The zero-order chi connectivity index (χ0) is 12.9. The molecule has 2 aromatic rings. The van der Waals surface area contributed by atoms with E-state index in [1.807, 2.05) is 0 Å². The molecular formula is C9H12N4O3S2. The molecule has 1 saturated heterocycles. The number of anilines is 1. The SMILES string of the molecule is Nc1nc2sccn2c1S(=O)(=O)N1CCC(O)C1. The van der Waals surface area contributed by atoms with Crippen molar-refractivity contribution in [2.75, 3.05) is 18.8 Å². The molecule has 3 rings (SSSR count). The van der Waals surface area contributed by atoms with E-state index in [1.54, 1.807) is 11.6 Å². The Kier molecular flexibility index (Phi) is 2.59. The van der Waals surface area contributed by atoms with Gasteiger partial charge in [0.1, 0.15) is 0 Å². The topological polar surface area (TPSA) is 101 Å². The van der Waals surface area contributed by atoms with Crippen LogP contribution in [-0.2, 0) is 10.0 Å². The van der Waals surface area contributed by atoms with Crippen LogP contribution in [0.25, 0.3) is 4.96 Å². The lowest BCUT2D eigenvalue weighted by atomic mass is 10.3. The second-order valence-corrected chi connectivity index (χ2v) is 6.89. The molecule has 2 aromatic heterocycles. The molecule has 98 valence electrons. The molecule has 3 heterocycles. The summed E-state index contributed by atoms with van der Waals surface area (Å²) in [6, 6.07) is 0. The standard InChI is InChI=1S/C9H12N4O3S2/c10-7-8(13-3-4-17-9(13)11-7)18(15,16)12-2-1-6(14)5-12/h3-4,6,14H,1-2,5,10H2. The van der Waals surface area contributed by atoms with Crippen molar-refractivity contribution in [2.45, 2.75) is 17.6 Å². The van der Waals surface area contributed by atoms with Gasteiger partial charge in [-0.1, -0.05) is 0 Å². The molecule has 0 aromatic carbocycles. The summed E-state index contributed by atoms with van der Waals surface area (Å²) in [5.41, 5.74) is 5.69. The second-order valence-electron chi connectivity index (χ2n) is 4.16. The zero-order valence-corrected chi connectivity index (χ0v) is 11.0. The van der Waals surface area contributed by atoms with E-state index < -0.39 is 16.1 Å². The van der Waals surface area contributed by atoms with E-state index in [-0.39, 0.29) is 17.4 Å². The van der Waals surface area contributed by atoms with E-state index in [2.05, 4.69) is 4.98 Å². The first-order chi connectivity index (χ1) is 8.50. The lowest BCUT2D eigenvalue weighted by Crippen LogP contribution is -2.31. The van der Waals surface area contributed by atoms with Crippen LogP contribution < -0.4 is 5.73 Å². The summed E-state index contributed by atoms with van der Waals surface area (Å²) in [6.45, 7) is 0.416. The Morgan fingerprint density at radius 2 is 2.33 bits per heavy atom. The predicted molar refractivity (Wildman–Crippen MR) is 66.9 cm³/mol. The highest BCUT2D eigenvalue weighted by Crippen LogP contribution is 2.28. The Morgan fingerprint density at radius 3 is 3.00 bits per heavy atom. The van der Waals surface area contributed by atoms with E-state index in [0.29, 0.717) is 17.9 Å². The number of sulfonamides is 1. The average Bonchev–Trinajstić information content (AvgIpc) is 2.92. The fourth-order valence-corrected chi connectivity index (χ4v) is 4.53. The number of aromatic nitrogens is 2. The number of imidazole rings is 1. The smallest absolute Gasteiger partial charge is 0.262 e. The minimum Gasteiger partial charge on any atom is -0.392 e. The van der Waals surface area contributed by atoms with Crippen molar-refractivity contribution in [3.63, 3.8) is 0 Å². The number of rotatable bonds is 2. The van der Waals surface area contributed by atoms with Gasteiger partial charge < -0.3 is 10.8 Å². The number of thiazole rings is 1. The first-order valence-corrected chi connectivity index (χ1v) is 7.71. The van der Waals surface area contributed by atoms with E-state index in [1.165, 1.54) is 20.0 Å². The van der Waals surface area contributed by atoms with Crippen LogP contribution >= 0.6 is 11.3 Å². The van der Waals surface area contributed by atoms with E-state index in [0.717, 1.165) is 0 Å². The van der Waals surface area contributed by atoms with Crippen LogP contribution in [0, 0.1) is 0 Å². The van der Waals surface area contributed by atoms with Gasteiger partial charge in [0, 0.05) is 24.7 Å². The van der Waals surface area contributed by atoms with Gasteiger partial charge in [-0.05, 0) is 6.42 Å². The summed E-state index contributed by atoms with van der Waals surface area (Å²) in [5.74, 6) is 0.00300. The number of nitrogens with zero attached hydrogens (tertiary/aromatic N) is 3. The normalized spacial score (nSPS) is 21.9. The quantitative estimate of drug-likeness (QED) is 0.792. The number of nitrogen functional groups attached to an aromatic ring is 1. The summed E-state index contributed by atoms with van der Waals surface area (Å²) in [7, 11) is -3.70. The molecule has 0 aliphatic carbocycles. The Labute approximate surface area is 108 Å². The van der Waals surface area contributed by atoms with Gasteiger partial charge in [-0.3, -0.25) is 4.40 Å². The molecule has 1 fully saturated rings. The number of aliphatic hydroxyl groups is 1. The zero-order valence-electron chi connectivity index (χ0n) is 9.35. The molecule has 9 heteroatoms. The number of hydrogen-bond donors (Lipinski definition) is 2. The fourth-order valence-electron chi connectivity index (χ4n) is 2.09. The van der Waals surface area contributed by atoms with E-state index >= 15 is 0 Å². The average molecular weight is 288 g/mol. The summed E-state index contributed by atoms with van der Waals surface area (Å²) < 4.78 is 27.6. The molecule has 0 spiro atoms. The highest BCUT2D eigenvalue weighted by molar-refractivity contribution is 7.89. The minimum absolute atomic E-state index is 0.00300. The molecule has 0 saturated carbocycles.